The summed E-state index contributed by atoms with van der Waals surface area (Å²) in [5.74, 6) is 0. The van der Waals surface area contributed by atoms with Gasteiger partial charge in [-0.1, -0.05) is 41.0 Å². The molecule has 1 unspecified atom stereocenters. The molecule has 1 atom stereocenters. The van der Waals surface area contributed by atoms with Crippen molar-refractivity contribution in [3.8, 4) is 0 Å². The van der Waals surface area contributed by atoms with Crippen LogP contribution in [-0.4, -0.2) is 24.5 Å². The second-order valence-electron chi connectivity index (χ2n) is 6.89. The summed E-state index contributed by atoms with van der Waals surface area (Å²) < 4.78 is 0. The van der Waals surface area contributed by atoms with Crippen molar-refractivity contribution in [2.24, 2.45) is 10.8 Å². The minimum Gasteiger partial charge on any atom is -0.302 e. The lowest BCUT2D eigenvalue weighted by atomic mass is 9.79. The quantitative estimate of drug-likeness (QED) is 0.673. The molecule has 1 aliphatic rings. The predicted molar refractivity (Wildman–Crippen MR) is 72.8 cm³/mol. The van der Waals surface area contributed by atoms with Gasteiger partial charge < -0.3 is 4.90 Å². The van der Waals surface area contributed by atoms with Gasteiger partial charge in [0.05, 0.1) is 0 Å². The fourth-order valence-electron chi connectivity index (χ4n) is 3.19. The first-order valence-corrected chi connectivity index (χ1v) is 7.13. The monoisotopic (exact) mass is 225 g/mol. The number of hydrogen-bond acceptors (Lipinski definition) is 1. The van der Waals surface area contributed by atoms with E-state index in [4.69, 9.17) is 0 Å². The minimum atomic E-state index is 0.541. The van der Waals surface area contributed by atoms with Crippen LogP contribution in [0.25, 0.3) is 0 Å². The molecular weight excluding hydrogens is 194 g/mol. The lowest BCUT2D eigenvalue weighted by molar-refractivity contribution is 0.0692. The van der Waals surface area contributed by atoms with Crippen molar-refractivity contribution >= 4 is 0 Å². The Morgan fingerprint density at radius 2 is 1.94 bits per heavy atom. The Labute approximate surface area is 103 Å². The van der Waals surface area contributed by atoms with Crippen molar-refractivity contribution in [3.05, 3.63) is 0 Å². The predicted octanol–water partition coefficient (Wildman–Crippen LogP) is 4.32. The number of rotatable bonds is 5. The number of piperidine rings is 1. The Morgan fingerprint density at radius 1 is 1.25 bits per heavy atom. The van der Waals surface area contributed by atoms with Gasteiger partial charge in [-0.05, 0) is 43.1 Å². The zero-order valence-corrected chi connectivity index (χ0v) is 12.1. The van der Waals surface area contributed by atoms with Gasteiger partial charge in [-0.3, -0.25) is 0 Å². The summed E-state index contributed by atoms with van der Waals surface area (Å²) in [6, 6.07) is 0. The highest BCUT2D eigenvalue weighted by molar-refractivity contribution is 4.84. The lowest BCUT2D eigenvalue weighted by Crippen LogP contribution is -2.44. The van der Waals surface area contributed by atoms with Gasteiger partial charge in [0, 0.05) is 13.1 Å². The normalized spacial score (nSPS) is 25.3. The van der Waals surface area contributed by atoms with Crippen LogP contribution in [0.3, 0.4) is 0 Å². The molecule has 0 aromatic carbocycles. The molecule has 0 aromatic rings. The molecule has 0 N–H and O–H groups in total. The van der Waals surface area contributed by atoms with Crippen LogP contribution in [0.15, 0.2) is 0 Å². The van der Waals surface area contributed by atoms with Gasteiger partial charge in [0.2, 0.25) is 0 Å². The highest BCUT2D eigenvalue weighted by Crippen LogP contribution is 2.33. The zero-order chi connectivity index (χ0) is 12.2. The van der Waals surface area contributed by atoms with E-state index < -0.39 is 0 Å². The van der Waals surface area contributed by atoms with E-state index in [0.29, 0.717) is 10.8 Å². The molecule has 1 aliphatic heterocycles. The second kappa shape index (κ2) is 5.53. The van der Waals surface area contributed by atoms with Crippen LogP contribution in [0.5, 0.6) is 0 Å². The standard InChI is InChI=1S/C15H31N/c1-6-9-15(5,7-2)13-16-11-8-10-14(3,4)12-16/h6-13H2,1-5H3. The Morgan fingerprint density at radius 3 is 2.44 bits per heavy atom. The van der Waals surface area contributed by atoms with Crippen LogP contribution in [0.1, 0.15) is 66.7 Å². The van der Waals surface area contributed by atoms with Gasteiger partial charge in [-0.15, -0.1) is 0 Å². The van der Waals surface area contributed by atoms with Crippen molar-refractivity contribution in [3.63, 3.8) is 0 Å². The molecule has 0 aliphatic carbocycles. The van der Waals surface area contributed by atoms with E-state index in [9.17, 15) is 0 Å². The van der Waals surface area contributed by atoms with E-state index in [2.05, 4.69) is 39.5 Å². The van der Waals surface area contributed by atoms with Gasteiger partial charge in [-0.2, -0.15) is 0 Å². The first-order chi connectivity index (χ1) is 7.41. The number of hydrogen-bond donors (Lipinski definition) is 0. The van der Waals surface area contributed by atoms with Gasteiger partial charge in [0.1, 0.15) is 0 Å². The fraction of sp³-hybridized carbons (Fsp3) is 1.00. The third kappa shape index (κ3) is 4.08. The molecule has 16 heavy (non-hydrogen) atoms. The van der Waals surface area contributed by atoms with Crippen LogP contribution >= 0.6 is 0 Å². The first kappa shape index (κ1) is 14.0. The largest absolute Gasteiger partial charge is 0.302 e. The highest BCUT2D eigenvalue weighted by atomic mass is 15.1. The average Bonchev–Trinajstić information content (AvgIpc) is 2.16. The summed E-state index contributed by atoms with van der Waals surface area (Å²) in [6.45, 7) is 15.9. The summed E-state index contributed by atoms with van der Waals surface area (Å²) in [5, 5.41) is 0. The summed E-state index contributed by atoms with van der Waals surface area (Å²) in [4.78, 5) is 2.71. The lowest BCUT2D eigenvalue weighted by Gasteiger charge is -2.42. The molecule has 0 radical (unpaired) electrons. The second-order valence-corrected chi connectivity index (χ2v) is 6.89. The summed E-state index contributed by atoms with van der Waals surface area (Å²) in [5.41, 5.74) is 1.08. The van der Waals surface area contributed by atoms with E-state index in [1.54, 1.807) is 0 Å². The molecule has 1 saturated heterocycles. The van der Waals surface area contributed by atoms with Crippen molar-refractivity contribution < 1.29 is 0 Å². The molecule has 1 heteroatoms. The highest BCUT2D eigenvalue weighted by Gasteiger charge is 2.30. The number of nitrogens with zero attached hydrogens (tertiary/aromatic N) is 1. The zero-order valence-electron chi connectivity index (χ0n) is 12.1. The summed E-state index contributed by atoms with van der Waals surface area (Å²) in [7, 11) is 0. The van der Waals surface area contributed by atoms with Gasteiger partial charge in [-0.25, -0.2) is 0 Å². The van der Waals surface area contributed by atoms with Crippen LogP contribution in [0, 0.1) is 10.8 Å². The minimum absolute atomic E-state index is 0.541. The Bertz CT molecular complexity index is 209. The molecule has 1 heterocycles. The molecule has 1 nitrogen and oxygen atoms in total. The Kier molecular flexibility index (Phi) is 4.85. The van der Waals surface area contributed by atoms with Crippen LogP contribution in [-0.2, 0) is 0 Å². The molecule has 96 valence electrons. The smallest absolute Gasteiger partial charge is 0.00354 e. The van der Waals surface area contributed by atoms with E-state index in [1.807, 2.05) is 0 Å². The SMILES string of the molecule is CCCC(C)(CC)CN1CCCC(C)(C)C1. The molecule has 0 aromatic heterocycles. The molecule has 1 fully saturated rings. The third-order valence-electron chi connectivity index (χ3n) is 4.29. The fourth-order valence-corrected chi connectivity index (χ4v) is 3.19. The maximum Gasteiger partial charge on any atom is 0.00354 e. The van der Waals surface area contributed by atoms with Gasteiger partial charge in [0.25, 0.3) is 0 Å². The molecule has 0 amide bonds. The maximum absolute atomic E-state index is 2.71. The molecule has 0 spiro atoms. The van der Waals surface area contributed by atoms with E-state index in [-0.39, 0.29) is 0 Å². The molecular formula is C15H31N. The number of likely N-dealkylation sites (tertiary alicyclic amines) is 1. The van der Waals surface area contributed by atoms with Crippen LogP contribution in [0.4, 0.5) is 0 Å². The first-order valence-electron chi connectivity index (χ1n) is 7.13. The third-order valence-corrected chi connectivity index (χ3v) is 4.29. The summed E-state index contributed by atoms with van der Waals surface area (Å²) in [6.07, 6.45) is 6.80. The van der Waals surface area contributed by atoms with Crippen molar-refractivity contribution in [1.29, 1.82) is 0 Å². The topological polar surface area (TPSA) is 3.24 Å². The van der Waals surface area contributed by atoms with Crippen LogP contribution < -0.4 is 0 Å². The van der Waals surface area contributed by atoms with E-state index in [0.717, 1.165) is 0 Å². The van der Waals surface area contributed by atoms with E-state index in [1.165, 1.54) is 51.7 Å². The van der Waals surface area contributed by atoms with Gasteiger partial charge >= 0.3 is 0 Å². The van der Waals surface area contributed by atoms with Crippen LogP contribution in [0.2, 0.25) is 0 Å². The molecule has 1 rings (SSSR count). The van der Waals surface area contributed by atoms with Crippen molar-refractivity contribution in [2.45, 2.75) is 66.7 Å². The Hall–Kier alpha value is -0.0400. The maximum atomic E-state index is 2.71. The van der Waals surface area contributed by atoms with Crippen molar-refractivity contribution in [1.82, 2.24) is 4.90 Å². The Balaban J connectivity index is 2.51. The average molecular weight is 225 g/mol. The van der Waals surface area contributed by atoms with Gasteiger partial charge in [0.15, 0.2) is 0 Å². The molecule has 0 saturated carbocycles. The van der Waals surface area contributed by atoms with Crippen molar-refractivity contribution in [2.75, 3.05) is 19.6 Å². The van der Waals surface area contributed by atoms with E-state index >= 15 is 0 Å². The summed E-state index contributed by atoms with van der Waals surface area (Å²) >= 11 is 0. The molecule has 0 bridgehead atoms.